The van der Waals surface area contributed by atoms with Crippen molar-refractivity contribution in [2.75, 3.05) is 18.0 Å². The van der Waals surface area contributed by atoms with Gasteiger partial charge in [-0.25, -0.2) is 9.59 Å². The molecule has 0 aliphatic carbocycles. The fourth-order valence-electron chi connectivity index (χ4n) is 1.88. The number of halogens is 2. The van der Waals surface area contributed by atoms with E-state index in [0.717, 1.165) is 11.7 Å². The highest BCUT2D eigenvalue weighted by Crippen LogP contribution is 2.37. The first-order valence-corrected chi connectivity index (χ1v) is 6.63. The molecule has 1 aliphatic rings. The van der Waals surface area contributed by atoms with Crippen molar-refractivity contribution in [1.29, 1.82) is 0 Å². The Kier molecular flexibility index (Phi) is 3.04. The van der Waals surface area contributed by atoms with Gasteiger partial charge in [-0.3, -0.25) is 0 Å². The number of carbonyl (C=O) groups is 2. The Bertz CT molecular complexity index is 687. The van der Waals surface area contributed by atoms with Gasteiger partial charge in [0.2, 0.25) is 0 Å². The van der Waals surface area contributed by atoms with Crippen LogP contribution in [0.15, 0.2) is 6.07 Å². The molecule has 0 amide bonds. The summed E-state index contributed by atoms with van der Waals surface area (Å²) < 4.78 is 12.7. The van der Waals surface area contributed by atoms with Crippen LogP contribution in [0.25, 0.3) is 11.0 Å². The number of esters is 2. The summed E-state index contributed by atoms with van der Waals surface area (Å²) in [6.07, 6.45) is 0. The van der Waals surface area contributed by atoms with Gasteiger partial charge in [-0.15, -0.1) is 0 Å². The average molecular weight is 318 g/mol. The third-order valence-electron chi connectivity index (χ3n) is 2.60. The first-order valence-electron chi connectivity index (χ1n) is 5.15. The molecule has 0 spiro atoms. The Morgan fingerprint density at radius 3 is 2.42 bits per heavy atom. The third-order valence-corrected chi connectivity index (χ3v) is 3.71. The highest BCUT2D eigenvalue weighted by molar-refractivity contribution is 7.00. The van der Waals surface area contributed by atoms with Crippen LogP contribution in [0.5, 0.6) is 0 Å². The van der Waals surface area contributed by atoms with E-state index in [1.54, 1.807) is 0 Å². The molecule has 0 atom stereocenters. The van der Waals surface area contributed by atoms with Gasteiger partial charge < -0.3 is 9.64 Å². The third kappa shape index (κ3) is 2.13. The van der Waals surface area contributed by atoms with E-state index >= 15 is 0 Å². The van der Waals surface area contributed by atoms with Crippen LogP contribution >= 0.6 is 34.9 Å². The number of fused-ring (bicyclic) bond motifs is 1. The molecule has 0 unspecified atom stereocenters. The second-order valence-electron chi connectivity index (χ2n) is 3.85. The molecule has 0 radical (unpaired) electrons. The zero-order valence-electron chi connectivity index (χ0n) is 9.22. The Morgan fingerprint density at radius 2 is 1.74 bits per heavy atom. The first kappa shape index (κ1) is 12.6. The van der Waals surface area contributed by atoms with Crippen molar-refractivity contribution in [2.45, 2.75) is 0 Å². The van der Waals surface area contributed by atoms with E-state index in [1.807, 2.05) is 0 Å². The lowest BCUT2D eigenvalue weighted by molar-refractivity contribution is -0.160. The number of anilines is 1. The summed E-state index contributed by atoms with van der Waals surface area (Å²) in [6.45, 7) is -0.139. The van der Waals surface area contributed by atoms with Crippen LogP contribution < -0.4 is 4.90 Å². The molecule has 1 aromatic heterocycles. The second kappa shape index (κ2) is 4.59. The van der Waals surface area contributed by atoms with E-state index in [4.69, 9.17) is 23.2 Å². The second-order valence-corrected chi connectivity index (χ2v) is 5.20. The smallest absolute Gasteiger partial charge is 0.333 e. The van der Waals surface area contributed by atoms with Gasteiger partial charge in [0, 0.05) is 0 Å². The van der Waals surface area contributed by atoms with Crippen molar-refractivity contribution < 1.29 is 14.3 Å². The van der Waals surface area contributed by atoms with Crippen molar-refractivity contribution in [2.24, 2.45) is 0 Å². The van der Waals surface area contributed by atoms with Gasteiger partial charge in [0.15, 0.2) is 0 Å². The van der Waals surface area contributed by atoms with Gasteiger partial charge in [0.25, 0.3) is 0 Å². The fourth-order valence-corrected chi connectivity index (χ4v) is 3.11. The maximum absolute atomic E-state index is 11.3. The lowest BCUT2D eigenvalue weighted by atomic mass is 10.2. The van der Waals surface area contributed by atoms with Crippen molar-refractivity contribution in [3.63, 3.8) is 0 Å². The number of nitrogens with zero attached hydrogens (tertiary/aromatic N) is 3. The molecular formula is C10H5Cl2N3O3S. The minimum atomic E-state index is -0.626. The molecule has 1 aromatic carbocycles. The number of benzene rings is 1. The topological polar surface area (TPSA) is 72.4 Å². The summed E-state index contributed by atoms with van der Waals surface area (Å²) in [5.41, 5.74) is 1.45. The molecule has 1 fully saturated rings. The summed E-state index contributed by atoms with van der Waals surface area (Å²) in [7, 11) is 0. The van der Waals surface area contributed by atoms with Gasteiger partial charge in [0.1, 0.15) is 24.1 Å². The van der Waals surface area contributed by atoms with Crippen LogP contribution in [0, 0.1) is 0 Å². The van der Waals surface area contributed by atoms with Crippen LogP contribution in [0.3, 0.4) is 0 Å². The molecule has 9 heteroatoms. The van der Waals surface area contributed by atoms with Crippen molar-refractivity contribution in [3.8, 4) is 0 Å². The number of aromatic nitrogens is 2. The Hall–Kier alpha value is -1.44. The molecule has 1 aliphatic heterocycles. The normalized spacial score (nSPS) is 16.0. The van der Waals surface area contributed by atoms with Gasteiger partial charge in [0.05, 0.1) is 27.5 Å². The lowest BCUT2D eigenvalue weighted by Gasteiger charge is -2.27. The van der Waals surface area contributed by atoms with E-state index in [9.17, 15) is 9.59 Å². The van der Waals surface area contributed by atoms with E-state index in [2.05, 4.69) is 13.5 Å². The van der Waals surface area contributed by atoms with Crippen molar-refractivity contribution in [3.05, 3.63) is 16.1 Å². The zero-order chi connectivity index (χ0) is 13.6. The number of cyclic esters (lactones) is 2. The number of rotatable bonds is 1. The molecule has 0 bridgehead atoms. The largest absolute Gasteiger partial charge is 0.390 e. The summed E-state index contributed by atoms with van der Waals surface area (Å²) in [6, 6.07) is 1.52. The van der Waals surface area contributed by atoms with E-state index in [-0.39, 0.29) is 13.1 Å². The predicted molar refractivity (Wildman–Crippen MR) is 70.7 cm³/mol. The maximum Gasteiger partial charge on any atom is 0.333 e. The fraction of sp³-hybridized carbons (Fsp3) is 0.200. The monoisotopic (exact) mass is 317 g/mol. The van der Waals surface area contributed by atoms with E-state index in [1.165, 1.54) is 11.0 Å². The van der Waals surface area contributed by atoms with Crippen LogP contribution in [-0.4, -0.2) is 33.8 Å². The number of ether oxygens (including phenoxy) is 1. The predicted octanol–water partition coefficient (Wildman–Crippen LogP) is 1.89. The van der Waals surface area contributed by atoms with Gasteiger partial charge in [-0.1, -0.05) is 23.2 Å². The molecule has 1 saturated heterocycles. The molecule has 3 rings (SSSR count). The molecule has 2 aromatic rings. The maximum atomic E-state index is 11.3. The number of hydrogen-bond acceptors (Lipinski definition) is 7. The van der Waals surface area contributed by atoms with Crippen LogP contribution in [0.4, 0.5) is 5.69 Å². The molecule has 0 saturated carbocycles. The molecule has 0 N–H and O–H groups in total. The van der Waals surface area contributed by atoms with Crippen LogP contribution in [-0.2, 0) is 14.3 Å². The zero-order valence-corrected chi connectivity index (χ0v) is 11.6. The van der Waals surface area contributed by atoms with Crippen molar-refractivity contribution >= 4 is 63.6 Å². The quantitative estimate of drug-likeness (QED) is 0.590. The minimum absolute atomic E-state index is 0.0697. The Morgan fingerprint density at radius 1 is 1.11 bits per heavy atom. The van der Waals surface area contributed by atoms with Crippen LogP contribution in [0.1, 0.15) is 0 Å². The SMILES string of the molecule is O=C1CN(c2c(Cl)cc(Cl)c3nsnc23)CC(=O)O1. The Balaban J connectivity index is 2.16. The summed E-state index contributed by atoms with van der Waals surface area (Å²) >= 11 is 13.1. The van der Waals surface area contributed by atoms with E-state index < -0.39 is 11.9 Å². The number of hydrogen-bond donors (Lipinski definition) is 0. The number of carbonyl (C=O) groups excluding carboxylic acids is 2. The highest BCUT2D eigenvalue weighted by atomic mass is 35.5. The molecule has 98 valence electrons. The Labute approximate surface area is 121 Å². The van der Waals surface area contributed by atoms with E-state index in [0.29, 0.717) is 26.8 Å². The lowest BCUT2D eigenvalue weighted by Crippen LogP contribution is -2.43. The van der Waals surface area contributed by atoms with Gasteiger partial charge in [-0.05, 0) is 6.07 Å². The average Bonchev–Trinajstić information content (AvgIpc) is 2.76. The van der Waals surface area contributed by atoms with Crippen molar-refractivity contribution in [1.82, 2.24) is 8.75 Å². The minimum Gasteiger partial charge on any atom is -0.390 e. The standard InChI is InChI=1S/C10H5Cl2N3O3S/c11-4-1-5(12)10(9-8(4)13-19-14-9)15-2-6(16)18-7(17)3-15/h1H,2-3H2. The number of morpholine rings is 1. The summed E-state index contributed by atoms with van der Waals surface area (Å²) in [5.74, 6) is -1.25. The molecule has 19 heavy (non-hydrogen) atoms. The van der Waals surface area contributed by atoms with Crippen LogP contribution in [0.2, 0.25) is 10.0 Å². The highest BCUT2D eigenvalue weighted by Gasteiger charge is 2.29. The first-order chi connectivity index (χ1) is 9.06. The molecular weight excluding hydrogens is 313 g/mol. The molecule has 2 heterocycles. The summed E-state index contributed by atoms with van der Waals surface area (Å²) in [5, 5.41) is 0.691. The van der Waals surface area contributed by atoms with Gasteiger partial charge in [-0.2, -0.15) is 8.75 Å². The molecule has 6 nitrogen and oxygen atoms in total. The summed E-state index contributed by atoms with van der Waals surface area (Å²) in [4.78, 5) is 24.2. The van der Waals surface area contributed by atoms with Gasteiger partial charge >= 0.3 is 11.9 Å².